The molecule has 0 amide bonds. The van der Waals surface area contributed by atoms with Crippen LogP contribution in [0.1, 0.15) is 25.8 Å². The molecule has 1 aromatic rings. The number of hydrogen-bond acceptors (Lipinski definition) is 4. The summed E-state index contributed by atoms with van der Waals surface area (Å²) in [4.78, 5) is 1.15. The van der Waals surface area contributed by atoms with E-state index in [1.54, 1.807) is 18.9 Å². The largest absolute Gasteiger partial charge is 0.496 e. The molecule has 0 bridgehead atoms. The third-order valence-corrected chi connectivity index (χ3v) is 4.04. The van der Waals surface area contributed by atoms with Crippen LogP contribution in [0.2, 0.25) is 0 Å². The van der Waals surface area contributed by atoms with Crippen molar-refractivity contribution in [1.82, 2.24) is 5.32 Å². The Morgan fingerprint density at radius 3 is 2.63 bits per heavy atom. The minimum absolute atomic E-state index is 0.227. The SMILES string of the molecule is COc1cc(CNC(CCO)C(C)C)ccc1SC. The molecule has 1 unspecified atom stereocenters. The summed E-state index contributed by atoms with van der Waals surface area (Å²) in [6.07, 6.45) is 2.84. The molecule has 0 heterocycles. The van der Waals surface area contributed by atoms with Crippen molar-refractivity contribution in [3.63, 3.8) is 0 Å². The molecule has 0 saturated carbocycles. The van der Waals surface area contributed by atoms with Crippen molar-refractivity contribution < 1.29 is 9.84 Å². The van der Waals surface area contributed by atoms with Crippen molar-refractivity contribution >= 4 is 11.8 Å². The van der Waals surface area contributed by atoms with Gasteiger partial charge in [0.25, 0.3) is 0 Å². The van der Waals surface area contributed by atoms with Gasteiger partial charge in [0.1, 0.15) is 5.75 Å². The number of aliphatic hydroxyl groups excluding tert-OH is 1. The number of nitrogens with one attached hydrogen (secondary N) is 1. The van der Waals surface area contributed by atoms with Crippen LogP contribution in [0.3, 0.4) is 0 Å². The maximum absolute atomic E-state index is 9.07. The van der Waals surface area contributed by atoms with Gasteiger partial charge in [-0.25, -0.2) is 0 Å². The molecule has 0 aliphatic heterocycles. The monoisotopic (exact) mass is 283 g/mol. The van der Waals surface area contributed by atoms with Crippen molar-refractivity contribution in [3.8, 4) is 5.75 Å². The summed E-state index contributed by atoms with van der Waals surface area (Å²) in [7, 11) is 1.70. The summed E-state index contributed by atoms with van der Waals surface area (Å²) in [6, 6.07) is 6.64. The number of rotatable bonds is 8. The predicted octanol–water partition coefficient (Wildman–Crippen LogP) is 2.91. The second kappa shape index (κ2) is 8.46. The third kappa shape index (κ3) is 5.05. The lowest BCUT2D eigenvalue weighted by atomic mass is 10.0. The predicted molar refractivity (Wildman–Crippen MR) is 81.9 cm³/mol. The van der Waals surface area contributed by atoms with E-state index in [1.807, 2.05) is 6.26 Å². The Labute approximate surface area is 120 Å². The van der Waals surface area contributed by atoms with Crippen molar-refractivity contribution in [2.45, 2.75) is 37.8 Å². The molecule has 0 aromatic heterocycles. The lowest BCUT2D eigenvalue weighted by Crippen LogP contribution is -2.34. The standard InChI is InChI=1S/C15H25NO2S/c1-11(2)13(7-8-17)16-10-12-5-6-15(19-4)14(9-12)18-3/h5-6,9,11,13,16-17H,7-8,10H2,1-4H3. The highest BCUT2D eigenvalue weighted by Crippen LogP contribution is 2.28. The first kappa shape index (κ1) is 16.3. The Hall–Kier alpha value is -0.710. The molecule has 1 aromatic carbocycles. The van der Waals surface area contributed by atoms with Crippen LogP contribution in [0.4, 0.5) is 0 Å². The number of hydrogen-bond donors (Lipinski definition) is 2. The van der Waals surface area contributed by atoms with Gasteiger partial charge in [-0.1, -0.05) is 19.9 Å². The van der Waals surface area contributed by atoms with Crippen LogP contribution in [0.5, 0.6) is 5.75 Å². The Balaban J connectivity index is 2.66. The van der Waals surface area contributed by atoms with Gasteiger partial charge >= 0.3 is 0 Å². The van der Waals surface area contributed by atoms with Crippen molar-refractivity contribution in [2.75, 3.05) is 20.0 Å². The van der Waals surface area contributed by atoms with Crippen molar-refractivity contribution in [2.24, 2.45) is 5.92 Å². The van der Waals surface area contributed by atoms with Crippen LogP contribution < -0.4 is 10.1 Å². The zero-order valence-electron chi connectivity index (χ0n) is 12.3. The normalized spacial score (nSPS) is 12.7. The van der Waals surface area contributed by atoms with Crippen molar-refractivity contribution in [1.29, 1.82) is 0 Å². The van der Waals surface area contributed by atoms with Gasteiger partial charge in [-0.05, 0) is 36.3 Å². The van der Waals surface area contributed by atoms with E-state index in [-0.39, 0.29) is 6.61 Å². The Morgan fingerprint density at radius 1 is 1.37 bits per heavy atom. The van der Waals surface area contributed by atoms with Gasteiger partial charge in [-0.15, -0.1) is 11.8 Å². The van der Waals surface area contributed by atoms with Gasteiger partial charge in [0.2, 0.25) is 0 Å². The van der Waals surface area contributed by atoms with E-state index in [2.05, 4.69) is 37.4 Å². The smallest absolute Gasteiger partial charge is 0.132 e. The van der Waals surface area contributed by atoms with Crippen LogP contribution in [0.15, 0.2) is 23.1 Å². The quantitative estimate of drug-likeness (QED) is 0.720. The fourth-order valence-electron chi connectivity index (χ4n) is 2.05. The first-order valence-corrected chi connectivity index (χ1v) is 7.90. The van der Waals surface area contributed by atoms with E-state index in [1.165, 1.54) is 5.56 Å². The second-order valence-electron chi connectivity index (χ2n) is 4.93. The lowest BCUT2D eigenvalue weighted by molar-refractivity contribution is 0.244. The minimum atomic E-state index is 0.227. The average molecular weight is 283 g/mol. The molecular formula is C15H25NO2S. The van der Waals surface area contributed by atoms with Gasteiger partial charge in [0.15, 0.2) is 0 Å². The van der Waals surface area contributed by atoms with Crippen LogP contribution >= 0.6 is 11.8 Å². The molecule has 2 N–H and O–H groups in total. The topological polar surface area (TPSA) is 41.5 Å². The number of benzene rings is 1. The number of ether oxygens (including phenoxy) is 1. The fraction of sp³-hybridized carbons (Fsp3) is 0.600. The van der Waals surface area contributed by atoms with E-state index in [0.717, 1.165) is 23.6 Å². The zero-order chi connectivity index (χ0) is 14.3. The van der Waals surface area contributed by atoms with E-state index in [0.29, 0.717) is 12.0 Å². The van der Waals surface area contributed by atoms with E-state index < -0.39 is 0 Å². The third-order valence-electron chi connectivity index (χ3n) is 3.26. The molecule has 19 heavy (non-hydrogen) atoms. The molecule has 108 valence electrons. The zero-order valence-corrected chi connectivity index (χ0v) is 13.1. The highest BCUT2D eigenvalue weighted by molar-refractivity contribution is 7.98. The van der Waals surface area contributed by atoms with E-state index in [4.69, 9.17) is 9.84 Å². The van der Waals surface area contributed by atoms with Gasteiger partial charge < -0.3 is 15.2 Å². The first-order chi connectivity index (χ1) is 9.12. The molecule has 1 rings (SSSR count). The lowest BCUT2D eigenvalue weighted by Gasteiger charge is -2.22. The molecule has 0 fully saturated rings. The second-order valence-corrected chi connectivity index (χ2v) is 5.78. The Morgan fingerprint density at radius 2 is 2.11 bits per heavy atom. The summed E-state index contributed by atoms with van der Waals surface area (Å²) in [5.74, 6) is 1.44. The first-order valence-electron chi connectivity index (χ1n) is 6.67. The molecule has 0 spiro atoms. The highest BCUT2D eigenvalue weighted by Gasteiger charge is 2.12. The fourth-order valence-corrected chi connectivity index (χ4v) is 2.60. The number of methoxy groups -OCH3 is 1. The van der Waals surface area contributed by atoms with Gasteiger partial charge in [0, 0.05) is 24.1 Å². The summed E-state index contributed by atoms with van der Waals surface area (Å²) in [6.45, 7) is 5.37. The van der Waals surface area contributed by atoms with Gasteiger partial charge in [0.05, 0.1) is 7.11 Å². The highest BCUT2D eigenvalue weighted by atomic mass is 32.2. The van der Waals surface area contributed by atoms with Crippen LogP contribution in [-0.4, -0.2) is 31.1 Å². The molecule has 0 aliphatic carbocycles. The molecule has 0 aliphatic rings. The van der Waals surface area contributed by atoms with Crippen LogP contribution in [0.25, 0.3) is 0 Å². The summed E-state index contributed by atoms with van der Waals surface area (Å²) < 4.78 is 5.39. The summed E-state index contributed by atoms with van der Waals surface area (Å²) in [5, 5.41) is 12.6. The average Bonchev–Trinajstić information content (AvgIpc) is 2.42. The molecule has 0 radical (unpaired) electrons. The maximum atomic E-state index is 9.07. The summed E-state index contributed by atoms with van der Waals surface area (Å²) >= 11 is 1.69. The summed E-state index contributed by atoms with van der Waals surface area (Å²) in [5.41, 5.74) is 1.21. The van der Waals surface area contributed by atoms with Crippen LogP contribution in [-0.2, 0) is 6.54 Å². The molecular weight excluding hydrogens is 258 g/mol. The molecule has 1 atom stereocenters. The molecule has 3 nitrogen and oxygen atoms in total. The van der Waals surface area contributed by atoms with Gasteiger partial charge in [-0.2, -0.15) is 0 Å². The van der Waals surface area contributed by atoms with Crippen molar-refractivity contribution in [3.05, 3.63) is 23.8 Å². The number of aliphatic hydroxyl groups is 1. The van der Waals surface area contributed by atoms with Gasteiger partial charge in [-0.3, -0.25) is 0 Å². The van der Waals surface area contributed by atoms with E-state index >= 15 is 0 Å². The Bertz CT molecular complexity index is 382. The molecule has 4 heteroatoms. The minimum Gasteiger partial charge on any atom is -0.496 e. The Kier molecular flexibility index (Phi) is 7.28. The number of thioether (sulfide) groups is 1. The maximum Gasteiger partial charge on any atom is 0.132 e. The van der Waals surface area contributed by atoms with E-state index in [9.17, 15) is 0 Å². The van der Waals surface area contributed by atoms with Crippen LogP contribution in [0, 0.1) is 5.92 Å². The molecule has 0 saturated heterocycles.